The van der Waals surface area contributed by atoms with E-state index in [0.717, 1.165) is 18.4 Å². The van der Waals surface area contributed by atoms with Crippen molar-refractivity contribution in [2.75, 3.05) is 31.2 Å². The third-order valence-corrected chi connectivity index (χ3v) is 5.28. The molecule has 0 radical (unpaired) electrons. The fourth-order valence-corrected chi connectivity index (χ4v) is 3.41. The van der Waals surface area contributed by atoms with E-state index in [9.17, 15) is 14.4 Å². The second-order valence-corrected chi connectivity index (χ2v) is 8.16. The third kappa shape index (κ3) is 5.87. The van der Waals surface area contributed by atoms with Crippen molar-refractivity contribution in [3.8, 4) is 11.5 Å². The number of ketones is 1. The Hall–Kier alpha value is -3.35. The van der Waals surface area contributed by atoms with E-state index >= 15 is 0 Å². The van der Waals surface area contributed by atoms with E-state index in [2.05, 4.69) is 19.2 Å². The molecule has 0 fully saturated rings. The highest BCUT2D eigenvalue weighted by Crippen LogP contribution is 2.33. The molecule has 1 aliphatic heterocycles. The Labute approximate surface area is 188 Å². The van der Waals surface area contributed by atoms with Crippen LogP contribution in [-0.4, -0.2) is 43.9 Å². The highest BCUT2D eigenvalue weighted by atomic mass is 16.5. The Morgan fingerprint density at radius 2 is 1.97 bits per heavy atom. The molecule has 7 heteroatoms. The van der Waals surface area contributed by atoms with Crippen LogP contribution in [0.1, 0.15) is 43.1 Å². The molecule has 2 amide bonds. The molecule has 0 spiro atoms. The fraction of sp³-hybridized carbons (Fsp3) is 0.400. The molecular formula is C25H30N2O5. The van der Waals surface area contributed by atoms with Crippen LogP contribution in [0.2, 0.25) is 0 Å². The standard InChI is InChI=1S/C25H30N2O5/c1-4-18-7-5-6-8-22(18)31-15-21(28)19-9-10-23-20(13-19)27(25(30)16-32-23)14-24(29)26-12-11-17(2)3/h5-10,13,17H,4,11-12,14-16H2,1-3H3,(H,26,29). The lowest BCUT2D eigenvalue weighted by Gasteiger charge is -2.29. The average molecular weight is 439 g/mol. The molecule has 0 atom stereocenters. The zero-order valence-electron chi connectivity index (χ0n) is 18.8. The van der Waals surface area contributed by atoms with Gasteiger partial charge in [0, 0.05) is 12.1 Å². The minimum Gasteiger partial charge on any atom is -0.485 e. The van der Waals surface area contributed by atoms with Gasteiger partial charge in [0.15, 0.2) is 19.0 Å². The summed E-state index contributed by atoms with van der Waals surface area (Å²) in [6.07, 6.45) is 1.66. The minimum atomic E-state index is -0.325. The second kappa shape index (κ2) is 10.8. The van der Waals surface area contributed by atoms with Gasteiger partial charge in [0.1, 0.15) is 18.0 Å². The molecule has 2 aromatic carbocycles. The van der Waals surface area contributed by atoms with Gasteiger partial charge in [0.05, 0.1) is 5.69 Å². The summed E-state index contributed by atoms with van der Waals surface area (Å²) >= 11 is 0. The predicted molar refractivity (Wildman–Crippen MR) is 122 cm³/mol. The fourth-order valence-electron chi connectivity index (χ4n) is 3.41. The number of hydrogen-bond donors (Lipinski definition) is 1. The van der Waals surface area contributed by atoms with Gasteiger partial charge in [-0.3, -0.25) is 19.3 Å². The largest absolute Gasteiger partial charge is 0.485 e. The number of amides is 2. The van der Waals surface area contributed by atoms with Crippen molar-refractivity contribution in [2.24, 2.45) is 5.92 Å². The van der Waals surface area contributed by atoms with Crippen LogP contribution < -0.4 is 19.7 Å². The van der Waals surface area contributed by atoms with Crippen molar-refractivity contribution in [2.45, 2.75) is 33.6 Å². The molecule has 0 saturated carbocycles. The summed E-state index contributed by atoms with van der Waals surface area (Å²) in [4.78, 5) is 38.9. The smallest absolute Gasteiger partial charge is 0.265 e. The van der Waals surface area contributed by atoms with Crippen LogP contribution in [0.25, 0.3) is 0 Å². The third-order valence-electron chi connectivity index (χ3n) is 5.28. The SMILES string of the molecule is CCc1ccccc1OCC(=O)c1ccc2c(c1)N(CC(=O)NCCC(C)C)C(=O)CO2. The van der Waals surface area contributed by atoms with Crippen molar-refractivity contribution in [1.29, 1.82) is 0 Å². The first-order valence-electron chi connectivity index (χ1n) is 11.0. The lowest BCUT2D eigenvalue weighted by atomic mass is 10.1. The molecule has 0 saturated heterocycles. The molecule has 7 nitrogen and oxygen atoms in total. The van der Waals surface area contributed by atoms with E-state index in [0.29, 0.717) is 35.2 Å². The molecule has 1 N–H and O–H groups in total. The number of fused-ring (bicyclic) bond motifs is 1. The summed E-state index contributed by atoms with van der Waals surface area (Å²) in [6, 6.07) is 12.5. The summed E-state index contributed by atoms with van der Waals surface area (Å²) in [6.45, 7) is 6.35. The van der Waals surface area contributed by atoms with Crippen LogP contribution in [0, 0.1) is 5.92 Å². The molecule has 1 heterocycles. The normalized spacial score (nSPS) is 12.9. The zero-order chi connectivity index (χ0) is 23.1. The minimum absolute atomic E-state index is 0.120. The number of rotatable bonds is 10. The van der Waals surface area contributed by atoms with E-state index in [1.54, 1.807) is 18.2 Å². The monoisotopic (exact) mass is 438 g/mol. The number of nitrogens with zero attached hydrogens (tertiary/aromatic N) is 1. The Morgan fingerprint density at radius 3 is 2.72 bits per heavy atom. The van der Waals surface area contributed by atoms with Crippen molar-refractivity contribution >= 4 is 23.3 Å². The van der Waals surface area contributed by atoms with Crippen LogP contribution in [-0.2, 0) is 16.0 Å². The van der Waals surface area contributed by atoms with Gasteiger partial charge in [0.2, 0.25) is 5.91 Å². The molecule has 170 valence electrons. The summed E-state index contributed by atoms with van der Waals surface area (Å²) in [5.74, 6) is 0.824. The van der Waals surface area contributed by atoms with Gasteiger partial charge in [-0.2, -0.15) is 0 Å². The average Bonchev–Trinajstić information content (AvgIpc) is 2.79. The number of para-hydroxylation sites is 1. The Morgan fingerprint density at radius 1 is 1.19 bits per heavy atom. The predicted octanol–water partition coefficient (Wildman–Crippen LogP) is 3.40. The molecule has 32 heavy (non-hydrogen) atoms. The number of ether oxygens (including phenoxy) is 2. The zero-order valence-corrected chi connectivity index (χ0v) is 18.8. The number of anilines is 1. The van der Waals surface area contributed by atoms with E-state index in [1.807, 2.05) is 31.2 Å². The molecular weight excluding hydrogens is 408 g/mol. The summed E-state index contributed by atoms with van der Waals surface area (Å²) in [5, 5.41) is 2.84. The highest BCUT2D eigenvalue weighted by Gasteiger charge is 2.28. The number of nitrogens with one attached hydrogen (secondary N) is 1. The molecule has 3 rings (SSSR count). The lowest BCUT2D eigenvalue weighted by Crippen LogP contribution is -2.45. The number of carbonyl (C=O) groups excluding carboxylic acids is 3. The quantitative estimate of drug-likeness (QED) is 0.575. The second-order valence-electron chi connectivity index (χ2n) is 8.16. The maximum absolute atomic E-state index is 12.8. The molecule has 1 aliphatic rings. The van der Waals surface area contributed by atoms with Crippen LogP contribution in [0.3, 0.4) is 0 Å². The van der Waals surface area contributed by atoms with E-state index in [4.69, 9.17) is 9.47 Å². The van der Waals surface area contributed by atoms with Crippen molar-refractivity contribution in [1.82, 2.24) is 5.32 Å². The number of hydrogen-bond acceptors (Lipinski definition) is 5. The van der Waals surface area contributed by atoms with E-state index in [1.165, 1.54) is 4.90 Å². The first kappa shape index (κ1) is 23.3. The maximum atomic E-state index is 12.8. The Bertz CT molecular complexity index is 986. The van der Waals surface area contributed by atoms with Gasteiger partial charge in [-0.1, -0.05) is 39.0 Å². The lowest BCUT2D eigenvalue weighted by molar-refractivity contribution is -0.125. The van der Waals surface area contributed by atoms with Crippen molar-refractivity contribution in [3.05, 3.63) is 53.6 Å². The molecule has 0 unspecified atom stereocenters. The molecule has 0 bridgehead atoms. The van der Waals surface area contributed by atoms with Gasteiger partial charge in [-0.05, 0) is 48.6 Å². The van der Waals surface area contributed by atoms with Gasteiger partial charge < -0.3 is 14.8 Å². The van der Waals surface area contributed by atoms with Gasteiger partial charge in [0.25, 0.3) is 5.91 Å². The van der Waals surface area contributed by atoms with Crippen LogP contribution in [0.5, 0.6) is 11.5 Å². The van der Waals surface area contributed by atoms with Crippen molar-refractivity contribution in [3.63, 3.8) is 0 Å². The number of benzene rings is 2. The molecule has 2 aromatic rings. The first-order valence-corrected chi connectivity index (χ1v) is 11.0. The van der Waals surface area contributed by atoms with Crippen LogP contribution >= 0.6 is 0 Å². The van der Waals surface area contributed by atoms with Gasteiger partial charge in [-0.15, -0.1) is 0 Å². The Kier molecular flexibility index (Phi) is 7.87. The highest BCUT2D eigenvalue weighted by molar-refractivity contribution is 6.04. The van der Waals surface area contributed by atoms with Crippen LogP contribution in [0.4, 0.5) is 5.69 Å². The maximum Gasteiger partial charge on any atom is 0.265 e. The first-order chi connectivity index (χ1) is 15.4. The number of aryl methyl sites for hydroxylation is 1. The summed E-state index contributed by atoms with van der Waals surface area (Å²) in [7, 11) is 0. The van der Waals surface area contributed by atoms with E-state index in [-0.39, 0.29) is 37.4 Å². The topological polar surface area (TPSA) is 84.9 Å². The molecule has 0 aliphatic carbocycles. The van der Waals surface area contributed by atoms with Gasteiger partial charge in [-0.25, -0.2) is 0 Å². The van der Waals surface area contributed by atoms with Gasteiger partial charge >= 0.3 is 0 Å². The molecule has 0 aromatic heterocycles. The van der Waals surface area contributed by atoms with Crippen molar-refractivity contribution < 1.29 is 23.9 Å². The summed E-state index contributed by atoms with van der Waals surface area (Å²) in [5.41, 5.74) is 1.83. The summed E-state index contributed by atoms with van der Waals surface area (Å²) < 4.78 is 11.2. The van der Waals surface area contributed by atoms with Crippen LogP contribution in [0.15, 0.2) is 42.5 Å². The van der Waals surface area contributed by atoms with E-state index < -0.39 is 0 Å². The number of Topliss-reactive ketones (excluding diaryl/α,β-unsaturated/α-hetero) is 1. The Balaban J connectivity index is 1.70. The number of carbonyl (C=O) groups is 3.